The van der Waals surface area contributed by atoms with Gasteiger partial charge in [0.15, 0.2) is 24.2 Å². The number of hydrogen-bond acceptors (Lipinski definition) is 6. The maximum atomic E-state index is 13.7. The molecule has 0 saturated carbocycles. The highest BCUT2D eigenvalue weighted by Crippen LogP contribution is 2.29. The van der Waals surface area contributed by atoms with Crippen LogP contribution in [0, 0.1) is 6.92 Å². The van der Waals surface area contributed by atoms with Gasteiger partial charge in [-0.1, -0.05) is 0 Å². The summed E-state index contributed by atoms with van der Waals surface area (Å²) in [5.41, 5.74) is 0.556. The molecule has 2 heterocycles. The molecule has 2 atom stereocenters. The van der Waals surface area contributed by atoms with E-state index in [4.69, 9.17) is 9.47 Å². The van der Waals surface area contributed by atoms with Crippen LogP contribution in [0.5, 0.6) is 0 Å². The van der Waals surface area contributed by atoms with Crippen LogP contribution in [-0.2, 0) is 9.47 Å². The highest BCUT2D eigenvalue weighted by Gasteiger charge is 2.29. The van der Waals surface area contributed by atoms with Crippen molar-refractivity contribution in [1.82, 2.24) is 9.97 Å². The van der Waals surface area contributed by atoms with E-state index in [1.165, 1.54) is 19.5 Å². The molecule has 0 spiro atoms. The van der Waals surface area contributed by atoms with Gasteiger partial charge in [0.25, 0.3) is 0 Å². The number of nitrogens with zero attached hydrogens (tertiary/aromatic N) is 3. The highest BCUT2D eigenvalue weighted by molar-refractivity contribution is 5.66. The topological polar surface area (TPSA) is 59.5 Å². The van der Waals surface area contributed by atoms with Crippen LogP contribution in [0.4, 0.5) is 20.4 Å². The standard InChI is InChI=1S/C12H16F2N4O2/c1-4-19-9-5-8(13)12(20-9)17-11-10(18(3)14)7(2)15-6-16-11/h5-6,9,12H,4H2,1-3H3,(H,15,16,17)/t9-,12+/m0/s1. The van der Waals surface area contributed by atoms with Gasteiger partial charge in [0.2, 0.25) is 0 Å². The molecule has 1 aromatic heterocycles. The largest absolute Gasteiger partial charge is 0.349 e. The van der Waals surface area contributed by atoms with E-state index in [-0.39, 0.29) is 11.5 Å². The number of ether oxygens (including phenoxy) is 2. The van der Waals surface area contributed by atoms with Gasteiger partial charge in [0.05, 0.1) is 5.69 Å². The van der Waals surface area contributed by atoms with E-state index < -0.39 is 18.3 Å². The zero-order chi connectivity index (χ0) is 14.7. The van der Waals surface area contributed by atoms with Gasteiger partial charge in [-0.25, -0.2) is 19.5 Å². The van der Waals surface area contributed by atoms with Crippen molar-refractivity contribution in [3.8, 4) is 0 Å². The lowest BCUT2D eigenvalue weighted by Crippen LogP contribution is -2.25. The van der Waals surface area contributed by atoms with Gasteiger partial charge in [-0.15, -0.1) is 4.48 Å². The molecule has 1 aromatic rings. The third-order valence-electron chi connectivity index (χ3n) is 2.73. The number of nitrogens with one attached hydrogen (secondary N) is 1. The van der Waals surface area contributed by atoms with Crippen LogP contribution in [0.1, 0.15) is 12.6 Å². The van der Waals surface area contributed by atoms with Crippen molar-refractivity contribution in [2.45, 2.75) is 26.4 Å². The third kappa shape index (κ3) is 3.02. The van der Waals surface area contributed by atoms with E-state index in [0.29, 0.717) is 17.4 Å². The van der Waals surface area contributed by atoms with Crippen LogP contribution in [0.2, 0.25) is 0 Å². The average Bonchev–Trinajstić information content (AvgIpc) is 2.70. The number of rotatable bonds is 5. The highest BCUT2D eigenvalue weighted by atomic mass is 19.2. The van der Waals surface area contributed by atoms with Gasteiger partial charge in [0, 0.05) is 19.7 Å². The Balaban J connectivity index is 2.16. The number of aromatic nitrogens is 2. The molecule has 1 N–H and O–H groups in total. The van der Waals surface area contributed by atoms with Gasteiger partial charge >= 0.3 is 0 Å². The van der Waals surface area contributed by atoms with E-state index in [1.54, 1.807) is 13.8 Å². The second kappa shape index (κ2) is 6.10. The first kappa shape index (κ1) is 14.6. The molecule has 0 aliphatic carbocycles. The first-order valence-corrected chi connectivity index (χ1v) is 6.14. The Morgan fingerprint density at radius 2 is 2.25 bits per heavy atom. The Morgan fingerprint density at radius 3 is 2.90 bits per heavy atom. The minimum Gasteiger partial charge on any atom is -0.349 e. The fourth-order valence-electron chi connectivity index (χ4n) is 1.88. The van der Waals surface area contributed by atoms with Gasteiger partial charge in [-0.3, -0.25) is 0 Å². The molecule has 0 aromatic carbocycles. The Labute approximate surface area is 115 Å². The summed E-state index contributed by atoms with van der Waals surface area (Å²) < 4.78 is 37.6. The molecule has 0 saturated heterocycles. The Hall–Kier alpha value is -1.80. The SMILES string of the molecule is CCO[C@@H]1C=C(F)[C@H](Nc2ncnc(C)c2N(C)F)O1. The smallest absolute Gasteiger partial charge is 0.185 e. The predicted molar refractivity (Wildman–Crippen MR) is 69.4 cm³/mol. The lowest BCUT2D eigenvalue weighted by Gasteiger charge is -2.19. The first-order valence-electron chi connectivity index (χ1n) is 6.14. The Bertz CT molecular complexity index is 510. The van der Waals surface area contributed by atoms with Crippen LogP contribution < -0.4 is 10.4 Å². The maximum absolute atomic E-state index is 13.7. The molecule has 0 unspecified atom stereocenters. The van der Waals surface area contributed by atoms with Crippen LogP contribution in [0.15, 0.2) is 18.2 Å². The molecule has 0 radical (unpaired) electrons. The summed E-state index contributed by atoms with van der Waals surface area (Å²) in [6.07, 6.45) is 0.668. The maximum Gasteiger partial charge on any atom is 0.185 e. The molecule has 2 rings (SSSR count). The molecule has 0 bridgehead atoms. The lowest BCUT2D eigenvalue weighted by molar-refractivity contribution is -0.110. The molecule has 6 nitrogen and oxygen atoms in total. The summed E-state index contributed by atoms with van der Waals surface area (Å²) in [6.45, 7) is 3.80. The normalized spacial score (nSPS) is 21.8. The molecule has 0 amide bonds. The predicted octanol–water partition coefficient (Wildman–Crippen LogP) is 2.09. The molecular weight excluding hydrogens is 270 g/mol. The molecule has 0 fully saturated rings. The van der Waals surface area contributed by atoms with Crippen LogP contribution in [0.25, 0.3) is 0 Å². The van der Waals surface area contributed by atoms with E-state index in [2.05, 4.69) is 15.3 Å². The lowest BCUT2D eigenvalue weighted by atomic mass is 10.3. The molecule has 8 heteroatoms. The number of hydrogen-bond donors (Lipinski definition) is 1. The summed E-state index contributed by atoms with van der Waals surface area (Å²) in [5, 5.41) is 3.06. The quantitative estimate of drug-likeness (QED) is 0.836. The van der Waals surface area contributed by atoms with E-state index in [1.807, 2.05) is 0 Å². The molecule has 1 aliphatic heterocycles. The van der Waals surface area contributed by atoms with Gasteiger partial charge < -0.3 is 14.8 Å². The second-order valence-corrected chi connectivity index (χ2v) is 4.17. The monoisotopic (exact) mass is 286 g/mol. The fourth-order valence-corrected chi connectivity index (χ4v) is 1.88. The van der Waals surface area contributed by atoms with Crippen LogP contribution in [0.3, 0.4) is 0 Å². The first-order chi connectivity index (χ1) is 9.52. The van der Waals surface area contributed by atoms with Crippen molar-refractivity contribution in [2.24, 2.45) is 0 Å². The zero-order valence-corrected chi connectivity index (χ0v) is 11.4. The molecule has 1 aliphatic rings. The van der Waals surface area contributed by atoms with Crippen molar-refractivity contribution in [2.75, 3.05) is 24.1 Å². The van der Waals surface area contributed by atoms with Crippen molar-refractivity contribution >= 4 is 11.5 Å². The molecular formula is C12H16F2N4O2. The van der Waals surface area contributed by atoms with E-state index in [9.17, 15) is 8.87 Å². The summed E-state index contributed by atoms with van der Waals surface area (Å²) in [5.74, 6) is -0.389. The third-order valence-corrected chi connectivity index (χ3v) is 2.73. The fraction of sp³-hybridized carbons (Fsp3) is 0.500. The van der Waals surface area contributed by atoms with E-state index >= 15 is 0 Å². The molecule has 20 heavy (non-hydrogen) atoms. The average molecular weight is 286 g/mol. The van der Waals surface area contributed by atoms with Crippen LogP contribution >= 0.6 is 0 Å². The van der Waals surface area contributed by atoms with Crippen molar-refractivity contribution in [3.63, 3.8) is 0 Å². The van der Waals surface area contributed by atoms with Crippen molar-refractivity contribution in [3.05, 3.63) is 23.9 Å². The van der Waals surface area contributed by atoms with E-state index in [0.717, 1.165) is 0 Å². The van der Waals surface area contributed by atoms with Gasteiger partial charge in [-0.05, 0) is 13.8 Å². The number of anilines is 2. The second-order valence-electron chi connectivity index (χ2n) is 4.17. The Kier molecular flexibility index (Phi) is 4.46. The summed E-state index contributed by atoms with van der Waals surface area (Å²) in [6, 6.07) is 0. The van der Waals surface area contributed by atoms with Gasteiger partial charge in [0.1, 0.15) is 12.0 Å². The zero-order valence-electron chi connectivity index (χ0n) is 11.4. The minimum absolute atomic E-state index is 0.128. The van der Waals surface area contributed by atoms with Crippen molar-refractivity contribution in [1.29, 1.82) is 0 Å². The van der Waals surface area contributed by atoms with Gasteiger partial charge in [-0.2, -0.15) is 0 Å². The summed E-state index contributed by atoms with van der Waals surface area (Å²) in [4.78, 5) is 7.80. The van der Waals surface area contributed by atoms with Crippen molar-refractivity contribution < 1.29 is 18.3 Å². The summed E-state index contributed by atoms with van der Waals surface area (Å²) >= 11 is 0. The minimum atomic E-state index is -1.06. The number of halogens is 2. The molecule has 110 valence electrons. The number of aryl methyl sites for hydroxylation is 1. The van der Waals surface area contributed by atoms with Crippen LogP contribution in [-0.4, -0.2) is 36.1 Å². The summed E-state index contributed by atoms with van der Waals surface area (Å²) in [7, 11) is 1.21. The Morgan fingerprint density at radius 1 is 1.50 bits per heavy atom.